The number of hydrogen-bond donors (Lipinski definition) is 0. The van der Waals surface area contributed by atoms with Gasteiger partial charge in [-0.3, -0.25) is 0 Å². The van der Waals surface area contributed by atoms with E-state index in [4.69, 9.17) is 0 Å². The predicted octanol–water partition coefficient (Wildman–Crippen LogP) is -2.05. The summed E-state index contributed by atoms with van der Waals surface area (Å²) in [7, 11) is 0. The largest absolute Gasteiger partial charge is 1.00 e. The molecule has 0 bridgehead atoms. The summed E-state index contributed by atoms with van der Waals surface area (Å²) in [6.45, 7) is 4.35. The van der Waals surface area contributed by atoms with Crippen LogP contribution in [0.15, 0.2) is 18.2 Å². The van der Waals surface area contributed by atoms with Crippen molar-refractivity contribution in [2.24, 2.45) is 0 Å². The van der Waals surface area contributed by atoms with Crippen LogP contribution in [0.5, 0.6) is 0 Å². The minimum atomic E-state index is 0. The minimum absolute atomic E-state index is 0. The van der Waals surface area contributed by atoms with Crippen LogP contribution in [0, 0.1) is 13.8 Å². The van der Waals surface area contributed by atoms with Crippen LogP contribution in [-0.4, -0.2) is 22.5 Å². The number of rotatable bonds is 0. The Bertz CT molecular complexity index is 205. The first-order chi connectivity index (χ1) is 4.22. The van der Waals surface area contributed by atoms with Crippen LogP contribution < -0.4 is 33.1 Å². The average molecular weight is 249 g/mol. The van der Waals surface area contributed by atoms with Crippen molar-refractivity contribution < 1.29 is 31.0 Å². The Balaban J connectivity index is 0. The van der Waals surface area contributed by atoms with E-state index in [1.54, 1.807) is 3.58 Å². The summed E-state index contributed by atoms with van der Waals surface area (Å²) in [4.78, 5) is 0. The van der Waals surface area contributed by atoms with Crippen LogP contribution in [0.2, 0.25) is 0 Å². The fourth-order valence-electron chi connectivity index (χ4n) is 0.827. The molecule has 0 fully saturated rings. The summed E-state index contributed by atoms with van der Waals surface area (Å²) in [6, 6.07) is 6.46. The molecule has 0 heterocycles. The smallest absolute Gasteiger partial charge is 1.00 e. The maximum Gasteiger partial charge on any atom is 1.00 e. The van der Waals surface area contributed by atoms with E-state index in [0.717, 1.165) is 0 Å². The van der Waals surface area contributed by atoms with E-state index in [9.17, 15) is 0 Å². The molecule has 10 heavy (non-hydrogen) atoms. The van der Waals surface area contributed by atoms with E-state index in [-0.39, 0.29) is 31.0 Å². The minimum Gasteiger partial charge on any atom is -1.00 e. The maximum atomic E-state index is 2.17. The van der Waals surface area contributed by atoms with Gasteiger partial charge in [-0.1, -0.05) is 0 Å². The summed E-state index contributed by atoms with van der Waals surface area (Å²) in [5.41, 5.74) is 2.88. The second-order valence-electron chi connectivity index (χ2n) is 2.31. The summed E-state index contributed by atoms with van der Waals surface area (Å²) in [6.07, 6.45) is 0. The fraction of sp³-hybridized carbons (Fsp3) is 0.250. The molecule has 1 rings (SSSR count). The number of hydrogen-bond acceptors (Lipinski definition) is 0. The van der Waals surface area contributed by atoms with Crippen molar-refractivity contribution in [3.05, 3.63) is 29.3 Å². The maximum absolute atomic E-state index is 2.17. The van der Waals surface area contributed by atoms with Crippen molar-refractivity contribution in [2.75, 3.05) is 0 Å². The van der Waals surface area contributed by atoms with Crippen LogP contribution in [0.3, 0.4) is 0 Å². The van der Waals surface area contributed by atoms with E-state index < -0.39 is 0 Å². The van der Waals surface area contributed by atoms with E-state index in [0.29, 0.717) is 0 Å². The molecular formula is C8H11NaSn. The van der Waals surface area contributed by atoms with Crippen molar-refractivity contribution in [2.45, 2.75) is 13.8 Å². The molecule has 0 aliphatic carbocycles. The molecule has 2 heteroatoms. The summed E-state index contributed by atoms with van der Waals surface area (Å²) in [5, 5.41) is 0. The van der Waals surface area contributed by atoms with Crippen LogP contribution in [0.25, 0.3) is 0 Å². The quantitative estimate of drug-likeness (QED) is 0.464. The molecule has 2 radical (unpaired) electrons. The van der Waals surface area contributed by atoms with Crippen molar-refractivity contribution in [3.8, 4) is 0 Å². The van der Waals surface area contributed by atoms with E-state index in [2.05, 4.69) is 32.0 Å². The molecule has 0 N–H and O–H groups in total. The van der Waals surface area contributed by atoms with Gasteiger partial charge in [0.2, 0.25) is 0 Å². The molecule has 0 spiro atoms. The Hall–Kier alpha value is 1.02. The molecule has 0 atom stereocenters. The van der Waals surface area contributed by atoms with Crippen molar-refractivity contribution in [1.29, 1.82) is 0 Å². The monoisotopic (exact) mass is 250 g/mol. The molecule has 0 aliphatic rings. The van der Waals surface area contributed by atoms with Gasteiger partial charge in [0.1, 0.15) is 0 Å². The predicted molar refractivity (Wildman–Crippen MR) is 43.8 cm³/mol. The van der Waals surface area contributed by atoms with E-state index >= 15 is 0 Å². The van der Waals surface area contributed by atoms with Gasteiger partial charge in [0.25, 0.3) is 0 Å². The zero-order valence-electron chi connectivity index (χ0n) is 7.81. The van der Waals surface area contributed by atoms with Crippen molar-refractivity contribution >= 4 is 26.1 Å². The van der Waals surface area contributed by atoms with Gasteiger partial charge in [0.15, 0.2) is 0 Å². The van der Waals surface area contributed by atoms with Crippen LogP contribution in [-0.2, 0) is 0 Å². The third kappa shape index (κ3) is 2.57. The Morgan fingerprint density at radius 3 is 1.90 bits per heavy atom. The standard InChI is InChI=1S/C8H9.Na.Sn.2H/c1-7-4-3-5-8(2)6-7;;;;/h3-5H,1-2H3;;;;/q;+1;;;-1. The second kappa shape index (κ2) is 4.81. The second-order valence-corrected chi connectivity index (χ2v) is 3.95. The van der Waals surface area contributed by atoms with Gasteiger partial charge in [-0.2, -0.15) is 0 Å². The Morgan fingerprint density at radius 2 is 1.60 bits per heavy atom. The van der Waals surface area contributed by atoms with Gasteiger partial charge in [-0.15, -0.1) is 0 Å². The van der Waals surface area contributed by atoms with Gasteiger partial charge in [-0.05, 0) is 0 Å². The Kier molecular flexibility index (Phi) is 5.30. The molecule has 0 unspecified atom stereocenters. The van der Waals surface area contributed by atoms with Gasteiger partial charge >= 0.3 is 98.8 Å². The molecule has 1 aromatic rings. The molecule has 0 amide bonds. The zero-order valence-corrected chi connectivity index (χ0v) is 12.1. The SMILES string of the molecule is Cc1cccc(C)[c]1[SnH].[H-].[Na+]. The van der Waals surface area contributed by atoms with Gasteiger partial charge in [0, 0.05) is 0 Å². The number of benzene rings is 1. The number of aryl methyl sites for hydroxylation is 2. The molecule has 0 saturated heterocycles. The molecular weight excluding hydrogens is 238 g/mol. The van der Waals surface area contributed by atoms with Crippen LogP contribution >= 0.6 is 0 Å². The third-order valence-corrected chi connectivity index (χ3v) is 4.14. The van der Waals surface area contributed by atoms with Gasteiger partial charge < -0.3 is 1.43 Å². The van der Waals surface area contributed by atoms with Crippen LogP contribution in [0.4, 0.5) is 0 Å². The summed E-state index contributed by atoms with van der Waals surface area (Å²) < 4.78 is 1.54. The normalized spacial score (nSPS) is 8.70. The third-order valence-electron chi connectivity index (χ3n) is 1.54. The van der Waals surface area contributed by atoms with E-state index in [1.807, 2.05) is 0 Å². The van der Waals surface area contributed by atoms with Crippen LogP contribution in [0.1, 0.15) is 12.6 Å². The Morgan fingerprint density at radius 1 is 1.20 bits per heavy atom. The van der Waals surface area contributed by atoms with E-state index in [1.165, 1.54) is 33.7 Å². The molecule has 1 aromatic carbocycles. The molecule has 0 nitrogen and oxygen atoms in total. The topological polar surface area (TPSA) is 0 Å². The first kappa shape index (κ1) is 11.0. The molecule has 0 saturated carbocycles. The summed E-state index contributed by atoms with van der Waals surface area (Å²) >= 11 is 1.24. The fourth-order valence-corrected chi connectivity index (χ4v) is 1.38. The average Bonchev–Trinajstić information content (AvgIpc) is 1.83. The zero-order chi connectivity index (χ0) is 6.85. The molecule has 48 valence electrons. The summed E-state index contributed by atoms with van der Waals surface area (Å²) in [5.74, 6) is 0. The first-order valence-corrected chi connectivity index (χ1v) is 4.68. The first-order valence-electron chi connectivity index (χ1n) is 3.03. The Labute approximate surface area is 99.3 Å². The van der Waals surface area contributed by atoms with Crippen molar-refractivity contribution in [3.63, 3.8) is 0 Å². The van der Waals surface area contributed by atoms with Gasteiger partial charge in [-0.25, -0.2) is 0 Å². The van der Waals surface area contributed by atoms with Crippen molar-refractivity contribution in [1.82, 2.24) is 0 Å². The van der Waals surface area contributed by atoms with Gasteiger partial charge in [0.05, 0.1) is 0 Å². The molecule has 0 aromatic heterocycles. The molecule has 0 aliphatic heterocycles.